The number of carbonyl (C=O) groups excluding carboxylic acids is 1. The van der Waals surface area contributed by atoms with Crippen molar-refractivity contribution in [1.29, 1.82) is 0 Å². The summed E-state index contributed by atoms with van der Waals surface area (Å²) in [7, 11) is 4.04. The predicted molar refractivity (Wildman–Crippen MR) is 74.4 cm³/mol. The molecule has 0 aromatic heterocycles. The highest BCUT2D eigenvalue weighted by Gasteiger charge is 2.29. The number of rotatable bonds is 3. The Labute approximate surface area is 111 Å². The van der Waals surface area contributed by atoms with Gasteiger partial charge in [-0.1, -0.05) is 12.2 Å². The van der Waals surface area contributed by atoms with Crippen LogP contribution in [-0.4, -0.2) is 37.0 Å². The Kier molecular flexibility index (Phi) is 4.81. The zero-order chi connectivity index (χ0) is 13.0. The van der Waals surface area contributed by atoms with E-state index in [0.717, 1.165) is 32.1 Å². The Balaban J connectivity index is 1.85. The largest absolute Gasteiger partial charge is 0.343 e. The molecular formula is C15H26N2O. The number of allylic oxidation sites excluding steroid dienone is 2. The second-order valence-corrected chi connectivity index (χ2v) is 5.72. The van der Waals surface area contributed by atoms with Crippen molar-refractivity contribution in [1.82, 2.24) is 10.2 Å². The van der Waals surface area contributed by atoms with Gasteiger partial charge in [-0.05, 0) is 52.0 Å². The highest BCUT2D eigenvalue weighted by Crippen LogP contribution is 2.26. The van der Waals surface area contributed by atoms with Gasteiger partial charge in [-0.25, -0.2) is 0 Å². The fourth-order valence-corrected chi connectivity index (χ4v) is 3.24. The maximum atomic E-state index is 12.4. The number of amides is 1. The molecule has 0 aromatic carbocycles. The van der Waals surface area contributed by atoms with Crippen LogP contribution in [0.2, 0.25) is 0 Å². The first-order chi connectivity index (χ1) is 8.72. The molecule has 1 unspecified atom stereocenters. The molecule has 1 fully saturated rings. The lowest BCUT2D eigenvalue weighted by atomic mass is 9.88. The molecule has 102 valence electrons. The fraction of sp³-hybridized carbons (Fsp3) is 0.800. The Hall–Kier alpha value is -0.830. The summed E-state index contributed by atoms with van der Waals surface area (Å²) >= 11 is 0. The van der Waals surface area contributed by atoms with E-state index in [-0.39, 0.29) is 5.92 Å². The summed E-state index contributed by atoms with van der Waals surface area (Å²) in [5.74, 6) is 0.606. The quantitative estimate of drug-likeness (QED) is 0.780. The highest BCUT2D eigenvalue weighted by molar-refractivity contribution is 5.79. The van der Waals surface area contributed by atoms with Gasteiger partial charge in [0.15, 0.2) is 0 Å². The molecule has 1 saturated carbocycles. The van der Waals surface area contributed by atoms with Gasteiger partial charge in [-0.15, -0.1) is 0 Å². The van der Waals surface area contributed by atoms with Crippen molar-refractivity contribution >= 4 is 5.91 Å². The lowest BCUT2D eigenvalue weighted by Crippen LogP contribution is -2.44. The van der Waals surface area contributed by atoms with Gasteiger partial charge in [0.05, 0.1) is 0 Å². The molecule has 2 aliphatic carbocycles. The van der Waals surface area contributed by atoms with Crippen molar-refractivity contribution in [3.8, 4) is 0 Å². The molecule has 0 aromatic rings. The van der Waals surface area contributed by atoms with Crippen LogP contribution in [0.1, 0.15) is 44.9 Å². The van der Waals surface area contributed by atoms with Crippen molar-refractivity contribution in [3.63, 3.8) is 0 Å². The monoisotopic (exact) mass is 250 g/mol. The van der Waals surface area contributed by atoms with Gasteiger partial charge in [-0.3, -0.25) is 4.79 Å². The van der Waals surface area contributed by atoms with Crippen molar-refractivity contribution in [3.05, 3.63) is 12.2 Å². The zero-order valence-electron chi connectivity index (χ0n) is 11.7. The standard InChI is InChI=1S/C15H26N2O/c1-16-13-8-10-14(11-9-13)17(2)15(18)12-6-4-3-5-7-12/h3-4,12-14,16H,5-11H2,1-2H3. The molecule has 0 aliphatic heterocycles. The number of nitrogens with zero attached hydrogens (tertiary/aromatic N) is 1. The minimum atomic E-state index is 0.238. The van der Waals surface area contributed by atoms with Crippen LogP contribution < -0.4 is 5.32 Å². The molecule has 0 bridgehead atoms. The molecule has 2 rings (SSSR count). The van der Waals surface area contributed by atoms with E-state index in [1.807, 2.05) is 19.0 Å². The number of hydrogen-bond donors (Lipinski definition) is 1. The van der Waals surface area contributed by atoms with Crippen LogP contribution in [0.15, 0.2) is 12.2 Å². The smallest absolute Gasteiger partial charge is 0.225 e. The Bertz CT molecular complexity index is 306. The number of carbonyl (C=O) groups is 1. The van der Waals surface area contributed by atoms with Crippen LogP contribution in [0, 0.1) is 5.92 Å². The molecule has 2 aliphatic rings. The molecule has 3 nitrogen and oxygen atoms in total. The first-order valence-corrected chi connectivity index (χ1v) is 7.31. The molecule has 0 spiro atoms. The molecule has 1 atom stereocenters. The summed E-state index contributed by atoms with van der Waals surface area (Å²) in [6.45, 7) is 0. The van der Waals surface area contributed by atoms with Gasteiger partial charge in [0.2, 0.25) is 5.91 Å². The van der Waals surface area contributed by atoms with Crippen LogP contribution in [0.5, 0.6) is 0 Å². The Morgan fingerprint density at radius 3 is 2.44 bits per heavy atom. The van der Waals surface area contributed by atoms with Crippen LogP contribution in [0.25, 0.3) is 0 Å². The average Bonchev–Trinajstić information content (AvgIpc) is 2.47. The number of hydrogen-bond acceptors (Lipinski definition) is 2. The van der Waals surface area contributed by atoms with Crippen molar-refractivity contribution in [2.75, 3.05) is 14.1 Å². The van der Waals surface area contributed by atoms with Gasteiger partial charge in [0.1, 0.15) is 0 Å². The normalized spacial score (nSPS) is 32.2. The molecule has 0 heterocycles. The third-order valence-electron chi connectivity index (χ3n) is 4.62. The van der Waals surface area contributed by atoms with Crippen LogP contribution in [-0.2, 0) is 4.79 Å². The van der Waals surface area contributed by atoms with E-state index in [1.165, 1.54) is 12.8 Å². The van der Waals surface area contributed by atoms with Gasteiger partial charge >= 0.3 is 0 Å². The Morgan fingerprint density at radius 1 is 1.17 bits per heavy atom. The average molecular weight is 250 g/mol. The maximum Gasteiger partial charge on any atom is 0.225 e. The van der Waals surface area contributed by atoms with E-state index in [2.05, 4.69) is 17.5 Å². The maximum absolute atomic E-state index is 12.4. The minimum Gasteiger partial charge on any atom is -0.343 e. The fourth-order valence-electron chi connectivity index (χ4n) is 3.24. The van der Waals surface area contributed by atoms with Gasteiger partial charge in [0.25, 0.3) is 0 Å². The summed E-state index contributed by atoms with van der Waals surface area (Å²) < 4.78 is 0. The predicted octanol–water partition coefficient (Wildman–Crippen LogP) is 2.33. The second-order valence-electron chi connectivity index (χ2n) is 5.72. The lowest BCUT2D eigenvalue weighted by Gasteiger charge is -2.36. The van der Waals surface area contributed by atoms with Crippen LogP contribution in [0.3, 0.4) is 0 Å². The summed E-state index contributed by atoms with van der Waals surface area (Å²) in [6, 6.07) is 1.12. The molecular weight excluding hydrogens is 224 g/mol. The first kappa shape index (κ1) is 13.6. The van der Waals surface area contributed by atoms with Crippen LogP contribution >= 0.6 is 0 Å². The molecule has 0 radical (unpaired) electrons. The van der Waals surface area contributed by atoms with Crippen molar-refractivity contribution in [2.24, 2.45) is 5.92 Å². The molecule has 1 N–H and O–H groups in total. The van der Waals surface area contributed by atoms with Gasteiger partial charge in [0, 0.05) is 25.0 Å². The van der Waals surface area contributed by atoms with Crippen molar-refractivity contribution < 1.29 is 4.79 Å². The summed E-state index contributed by atoms with van der Waals surface area (Å²) in [6.07, 6.45) is 12.1. The SMILES string of the molecule is CNC1CCC(N(C)C(=O)C2CC=CCC2)CC1. The summed E-state index contributed by atoms with van der Waals surface area (Å²) in [5, 5.41) is 3.34. The molecule has 1 amide bonds. The lowest BCUT2D eigenvalue weighted by molar-refractivity contribution is -0.137. The zero-order valence-corrected chi connectivity index (χ0v) is 11.7. The van der Waals surface area contributed by atoms with Gasteiger partial charge in [-0.2, -0.15) is 0 Å². The topological polar surface area (TPSA) is 32.3 Å². The van der Waals surface area contributed by atoms with E-state index >= 15 is 0 Å². The summed E-state index contributed by atoms with van der Waals surface area (Å²) in [4.78, 5) is 14.5. The molecule has 0 saturated heterocycles. The third-order valence-corrected chi connectivity index (χ3v) is 4.62. The van der Waals surface area contributed by atoms with Gasteiger partial charge < -0.3 is 10.2 Å². The van der Waals surface area contributed by atoms with E-state index < -0.39 is 0 Å². The molecule has 18 heavy (non-hydrogen) atoms. The Morgan fingerprint density at radius 2 is 1.89 bits per heavy atom. The summed E-state index contributed by atoms with van der Waals surface area (Å²) in [5.41, 5.74) is 0. The highest BCUT2D eigenvalue weighted by atomic mass is 16.2. The van der Waals surface area contributed by atoms with E-state index in [4.69, 9.17) is 0 Å². The first-order valence-electron chi connectivity index (χ1n) is 7.31. The second kappa shape index (κ2) is 6.37. The molecule has 3 heteroatoms. The van der Waals surface area contributed by atoms with E-state index in [0.29, 0.717) is 18.0 Å². The van der Waals surface area contributed by atoms with E-state index in [1.54, 1.807) is 0 Å². The van der Waals surface area contributed by atoms with Crippen molar-refractivity contribution in [2.45, 2.75) is 57.0 Å². The number of nitrogens with one attached hydrogen (secondary N) is 1. The minimum absolute atomic E-state index is 0.238. The van der Waals surface area contributed by atoms with Crippen LogP contribution in [0.4, 0.5) is 0 Å². The third kappa shape index (κ3) is 3.14. The van der Waals surface area contributed by atoms with E-state index in [9.17, 15) is 4.79 Å².